The predicted octanol–water partition coefficient (Wildman–Crippen LogP) is 6.03. The average molecular weight is 796 g/mol. The number of nitrogens with two attached hydrogens (primary N) is 2. The average Bonchev–Trinajstić information content (AvgIpc) is 3.05. The Hall–Kier alpha value is -3.86. The molecule has 6 N–H and O–H groups in total. The summed E-state index contributed by atoms with van der Waals surface area (Å²) in [6, 6.07) is 16.6. The number of fused-ring (bicyclic) bond motifs is 2. The number of ketones is 2. The summed E-state index contributed by atoms with van der Waals surface area (Å²) in [6.45, 7) is 0. The Morgan fingerprint density at radius 2 is 0.880 bits per heavy atom. The number of benzene rings is 4. The summed E-state index contributed by atoms with van der Waals surface area (Å²) in [6.07, 6.45) is -1.39. The topological polar surface area (TPSA) is 220 Å². The smallest absolute Gasteiger partial charge is 0.279 e. The lowest BCUT2D eigenvalue weighted by Crippen LogP contribution is -2.46. The molecule has 4 aromatic carbocycles. The van der Waals surface area contributed by atoms with E-state index in [0.717, 1.165) is 0 Å². The molecule has 0 amide bonds. The van der Waals surface area contributed by atoms with Crippen LogP contribution >= 0.6 is 46.4 Å². The van der Waals surface area contributed by atoms with Crippen LogP contribution in [-0.4, -0.2) is 48.9 Å². The predicted molar refractivity (Wildman–Crippen MR) is 191 cm³/mol. The number of carbonyl (C=O) groups is 2. The van der Waals surface area contributed by atoms with E-state index in [1.165, 1.54) is 72.8 Å². The van der Waals surface area contributed by atoms with E-state index in [2.05, 4.69) is 10.2 Å². The highest BCUT2D eigenvalue weighted by Crippen LogP contribution is 2.53. The Morgan fingerprint density at radius 3 is 1.16 bits per heavy atom. The van der Waals surface area contributed by atoms with Crippen LogP contribution in [0.3, 0.4) is 0 Å². The highest BCUT2D eigenvalue weighted by molar-refractivity contribution is 7.87. The summed E-state index contributed by atoms with van der Waals surface area (Å²) in [5, 5.41) is 5.92. The van der Waals surface area contributed by atoms with Crippen LogP contribution in [0.1, 0.15) is 55.8 Å². The van der Waals surface area contributed by atoms with Crippen LogP contribution in [-0.2, 0) is 29.7 Å². The van der Waals surface area contributed by atoms with Crippen molar-refractivity contribution in [3.05, 3.63) is 126 Å². The molecular weight excluding hydrogens is 774 g/mol. The maximum Gasteiger partial charge on any atom is 0.279 e. The summed E-state index contributed by atoms with van der Waals surface area (Å²) < 4.78 is 70.1. The van der Waals surface area contributed by atoms with Crippen LogP contribution in [0.4, 0.5) is 0 Å². The minimum Gasteiger partial charge on any atom is -0.323 e. The van der Waals surface area contributed by atoms with Crippen molar-refractivity contribution >= 4 is 89.6 Å². The van der Waals surface area contributed by atoms with E-state index in [4.69, 9.17) is 58.1 Å². The van der Waals surface area contributed by atoms with E-state index in [-0.39, 0.29) is 76.0 Å². The lowest BCUT2D eigenvalue weighted by atomic mass is 9.75. The maximum atomic E-state index is 13.3. The Labute approximate surface area is 305 Å². The molecule has 2 unspecified atom stereocenters. The summed E-state index contributed by atoms with van der Waals surface area (Å²) in [4.78, 5) is 26.1. The first-order valence-electron chi connectivity index (χ1n) is 14.2. The highest BCUT2D eigenvalue weighted by atomic mass is 35.5. The molecule has 0 radical (unpaired) electrons. The first-order valence-corrected chi connectivity index (χ1v) is 18.6. The van der Waals surface area contributed by atoms with Gasteiger partial charge in [0.15, 0.2) is 9.49 Å². The number of nitrogens with zero attached hydrogens (tertiary/aromatic N) is 2. The first kappa shape index (κ1) is 35.9. The van der Waals surface area contributed by atoms with E-state index >= 15 is 0 Å². The second kappa shape index (κ2) is 12.4. The van der Waals surface area contributed by atoms with Gasteiger partial charge >= 0.3 is 0 Å². The van der Waals surface area contributed by atoms with Crippen molar-refractivity contribution in [2.75, 3.05) is 0 Å². The summed E-state index contributed by atoms with van der Waals surface area (Å²) >= 11 is 27.1. The fourth-order valence-corrected chi connectivity index (χ4v) is 11.2. The Morgan fingerprint density at radius 1 is 0.580 bits per heavy atom. The van der Waals surface area contributed by atoms with Gasteiger partial charge in [-0.25, -0.2) is 0 Å². The van der Waals surface area contributed by atoms with Gasteiger partial charge in [0.05, 0.1) is 0 Å². The third-order valence-electron chi connectivity index (χ3n) is 8.99. The third kappa shape index (κ3) is 5.16. The zero-order chi connectivity index (χ0) is 36.6. The second-order valence-corrected chi connectivity index (χ2v) is 16.4. The van der Waals surface area contributed by atoms with Crippen molar-refractivity contribution in [3.63, 3.8) is 0 Å². The Bertz CT molecular complexity index is 2260. The molecule has 6 rings (SSSR count). The van der Waals surface area contributed by atoms with Crippen LogP contribution < -0.4 is 11.7 Å². The largest absolute Gasteiger partial charge is 0.323 e. The zero-order valence-electron chi connectivity index (χ0n) is 25.1. The molecule has 0 heterocycles. The SMILES string of the molecule is NN=C1CC(c2c(Cl)cc(-c3cc(Cl)c(C4(S(=O)(=O)O)CC(=NN)C(=O)c5ccccc54)c(Cl)c3)cc2Cl)(S(=O)(=O)O)c2ccccc2C1=O. The molecule has 50 heavy (non-hydrogen) atoms. The quantitative estimate of drug-likeness (QED) is 0.104. The van der Waals surface area contributed by atoms with Gasteiger partial charge in [0.1, 0.15) is 11.4 Å². The van der Waals surface area contributed by atoms with Gasteiger partial charge in [0.25, 0.3) is 20.2 Å². The van der Waals surface area contributed by atoms with Crippen molar-refractivity contribution in [2.24, 2.45) is 21.9 Å². The molecule has 18 heteroatoms. The molecule has 0 aromatic heterocycles. The zero-order valence-corrected chi connectivity index (χ0v) is 29.7. The molecule has 2 aliphatic carbocycles. The fraction of sp³-hybridized carbons (Fsp3) is 0.125. The Balaban J connectivity index is 1.58. The summed E-state index contributed by atoms with van der Waals surface area (Å²) in [7, 11) is -10.3. The molecule has 2 aliphatic rings. The molecule has 12 nitrogen and oxygen atoms in total. The normalized spacial score (nSPS) is 22.4. The molecule has 0 spiro atoms. The highest BCUT2D eigenvalue weighted by Gasteiger charge is 2.56. The van der Waals surface area contributed by atoms with Crippen molar-refractivity contribution in [1.29, 1.82) is 0 Å². The van der Waals surface area contributed by atoms with E-state index in [1.54, 1.807) is 0 Å². The van der Waals surface area contributed by atoms with Gasteiger partial charge in [-0.15, -0.1) is 0 Å². The lowest BCUT2D eigenvalue weighted by Gasteiger charge is -2.38. The molecular formula is C32H22Cl4N4O8S2. The number of hydrazone groups is 2. The van der Waals surface area contributed by atoms with E-state index in [1.807, 2.05) is 0 Å². The van der Waals surface area contributed by atoms with Crippen molar-refractivity contribution in [1.82, 2.24) is 0 Å². The molecule has 0 fully saturated rings. The van der Waals surface area contributed by atoms with Crippen LogP contribution in [0.5, 0.6) is 0 Å². The van der Waals surface area contributed by atoms with E-state index in [9.17, 15) is 35.5 Å². The standard InChI is InChI=1S/C32H22Cl4N4O8S2/c33-21-9-15(10-22(34)27(21)31(49(43,44)45)13-25(39-37)29(41)17-5-1-3-7-19(17)31)16-11-23(35)28(24(36)12-16)32(50(46,47)48)14-26(40-38)30(42)18-6-2-4-8-20(18)32/h1-12H,13-14,37-38H2,(H,43,44,45)(H,46,47,48). The summed E-state index contributed by atoms with van der Waals surface area (Å²) in [5.41, 5.74) is -1.22. The van der Waals surface area contributed by atoms with E-state index < -0.39 is 54.1 Å². The summed E-state index contributed by atoms with van der Waals surface area (Å²) in [5.74, 6) is 9.64. The van der Waals surface area contributed by atoms with Crippen LogP contribution in [0, 0.1) is 0 Å². The minimum atomic E-state index is -5.15. The van der Waals surface area contributed by atoms with Gasteiger partial charge in [0, 0.05) is 55.2 Å². The fourth-order valence-electron chi connectivity index (χ4n) is 6.82. The van der Waals surface area contributed by atoms with Gasteiger partial charge in [-0.1, -0.05) is 94.9 Å². The van der Waals surface area contributed by atoms with Gasteiger partial charge in [-0.2, -0.15) is 27.0 Å². The lowest BCUT2D eigenvalue weighted by molar-refractivity contribution is 0.105. The van der Waals surface area contributed by atoms with Gasteiger partial charge in [-0.05, 0) is 46.5 Å². The van der Waals surface area contributed by atoms with Crippen LogP contribution in [0.2, 0.25) is 20.1 Å². The Kier molecular flexibility index (Phi) is 8.93. The van der Waals surface area contributed by atoms with Crippen LogP contribution in [0.25, 0.3) is 11.1 Å². The maximum absolute atomic E-state index is 13.3. The molecule has 0 saturated carbocycles. The number of rotatable bonds is 5. The molecule has 0 bridgehead atoms. The van der Waals surface area contributed by atoms with Gasteiger partial charge in [-0.3, -0.25) is 18.7 Å². The molecule has 0 aliphatic heterocycles. The molecule has 4 aromatic rings. The van der Waals surface area contributed by atoms with Crippen molar-refractivity contribution in [3.8, 4) is 11.1 Å². The monoisotopic (exact) mass is 794 g/mol. The second-order valence-electron chi connectivity index (χ2n) is 11.5. The van der Waals surface area contributed by atoms with Gasteiger partial charge < -0.3 is 11.7 Å². The molecule has 258 valence electrons. The number of carbonyl (C=O) groups excluding carboxylic acids is 2. The van der Waals surface area contributed by atoms with Crippen molar-refractivity contribution in [2.45, 2.75) is 22.3 Å². The number of hydrogen-bond donors (Lipinski definition) is 4. The molecule has 0 saturated heterocycles. The third-order valence-corrected chi connectivity index (χ3v) is 13.1. The van der Waals surface area contributed by atoms with Crippen molar-refractivity contribution < 1.29 is 35.5 Å². The first-order chi connectivity index (χ1) is 23.4. The molecule has 2 atom stereocenters. The minimum absolute atomic E-state index is 0.0903. The van der Waals surface area contributed by atoms with E-state index in [0.29, 0.717) is 0 Å². The number of hydrogen-bond acceptors (Lipinski definition) is 10. The number of halogens is 4. The van der Waals surface area contributed by atoms with Gasteiger partial charge in [0.2, 0.25) is 11.6 Å². The van der Waals surface area contributed by atoms with Crippen LogP contribution in [0.15, 0.2) is 83.0 Å². The number of Topliss-reactive ketones (excluding diaryl/α,β-unsaturated/α-hetero) is 2.